The molecule has 1 saturated heterocycles. The van der Waals surface area contributed by atoms with Crippen LogP contribution in [0.15, 0.2) is 113 Å². The van der Waals surface area contributed by atoms with Crippen LogP contribution in [-0.2, 0) is 24.6 Å². The van der Waals surface area contributed by atoms with Crippen molar-refractivity contribution in [1.82, 2.24) is 0 Å². The SMILES string of the molecule is COc1cc(C2C3=CCC4C(=O)N(c5ccc(C(=O)O)c(O)c5)C(=O)C4C3CC3C(=O)C(c4ccccc4)=CC(=O)C32c2ccccc2)cc(Br)c1O. The maximum absolute atomic E-state index is 15.2. The van der Waals surface area contributed by atoms with Gasteiger partial charge < -0.3 is 20.1 Å². The van der Waals surface area contributed by atoms with Crippen molar-refractivity contribution in [2.24, 2.45) is 23.7 Å². The molecule has 0 spiro atoms. The van der Waals surface area contributed by atoms with E-state index < -0.39 is 58.5 Å². The van der Waals surface area contributed by atoms with Crippen LogP contribution in [0, 0.1) is 23.7 Å². The number of aromatic hydroxyl groups is 2. The van der Waals surface area contributed by atoms with Crippen molar-refractivity contribution in [2.45, 2.75) is 24.2 Å². The zero-order valence-electron chi connectivity index (χ0n) is 28.2. The molecule has 6 atom stereocenters. The number of carbonyl (C=O) groups is 5. The minimum absolute atomic E-state index is 0.0369. The number of aromatic carboxylic acids is 1. The van der Waals surface area contributed by atoms with Crippen LogP contribution < -0.4 is 9.64 Å². The van der Waals surface area contributed by atoms with E-state index >= 15 is 9.59 Å². The van der Waals surface area contributed by atoms with E-state index in [-0.39, 0.29) is 52.7 Å². The molecule has 1 heterocycles. The number of nitrogens with zero attached hydrogens (tertiary/aromatic N) is 1. The van der Waals surface area contributed by atoms with Gasteiger partial charge >= 0.3 is 5.97 Å². The number of halogens is 1. The predicted molar refractivity (Wildman–Crippen MR) is 196 cm³/mol. The van der Waals surface area contributed by atoms with E-state index in [1.807, 2.05) is 42.5 Å². The molecular formula is C42H32BrNO9. The van der Waals surface area contributed by atoms with Gasteiger partial charge in [0.05, 0.1) is 34.5 Å². The number of methoxy groups -OCH3 is 1. The molecule has 0 bridgehead atoms. The number of carbonyl (C=O) groups excluding carboxylic acids is 4. The highest BCUT2D eigenvalue weighted by Gasteiger charge is 2.66. The molecule has 0 radical (unpaired) electrons. The highest BCUT2D eigenvalue weighted by atomic mass is 79.9. The molecule has 6 unspecified atom stereocenters. The smallest absolute Gasteiger partial charge is 0.339 e. The Morgan fingerprint density at radius 2 is 1.58 bits per heavy atom. The first-order valence-electron chi connectivity index (χ1n) is 17.1. The van der Waals surface area contributed by atoms with Crippen molar-refractivity contribution >= 4 is 56.5 Å². The predicted octanol–water partition coefficient (Wildman–Crippen LogP) is 6.60. The molecule has 4 aliphatic rings. The molecule has 266 valence electrons. The third-order valence-electron chi connectivity index (χ3n) is 11.4. The molecule has 10 nitrogen and oxygen atoms in total. The normalized spacial score (nSPS) is 26.3. The number of Topliss-reactive ketones (excluding diaryl/α,β-unsaturated/α-hetero) is 1. The molecule has 4 aromatic rings. The van der Waals surface area contributed by atoms with Crippen molar-refractivity contribution in [1.29, 1.82) is 0 Å². The fourth-order valence-electron chi connectivity index (χ4n) is 9.26. The fourth-order valence-corrected chi connectivity index (χ4v) is 9.72. The van der Waals surface area contributed by atoms with Crippen LogP contribution >= 0.6 is 15.9 Å². The van der Waals surface area contributed by atoms with Crippen LogP contribution in [0.2, 0.25) is 0 Å². The van der Waals surface area contributed by atoms with Gasteiger partial charge in [-0.2, -0.15) is 0 Å². The zero-order chi connectivity index (χ0) is 37.3. The van der Waals surface area contributed by atoms with Crippen LogP contribution in [0.3, 0.4) is 0 Å². The minimum Gasteiger partial charge on any atom is -0.507 e. The number of hydrogen-bond acceptors (Lipinski definition) is 8. The van der Waals surface area contributed by atoms with Crippen LogP contribution in [-0.4, -0.2) is 51.8 Å². The number of ketones is 2. The van der Waals surface area contributed by atoms with E-state index in [0.717, 1.165) is 22.6 Å². The van der Waals surface area contributed by atoms with Gasteiger partial charge in [-0.25, -0.2) is 9.69 Å². The van der Waals surface area contributed by atoms with Gasteiger partial charge in [0.25, 0.3) is 0 Å². The van der Waals surface area contributed by atoms with E-state index in [2.05, 4.69) is 15.9 Å². The standard InChI is InChI=1S/C42H32BrNO9/c1-53-33-17-22(16-31(43)38(33)48)36-25-14-15-27-35(40(50)44(39(27)49)24-12-13-26(41(51)52)32(45)18-24)29(25)19-30-37(47)28(21-8-4-2-5-9-21)20-34(46)42(30,36)23-10-6-3-7-11-23/h2-14,16-18,20,27,29-30,35-36,45,48H,15,19H2,1H3,(H,51,52). The Morgan fingerprint density at radius 3 is 2.25 bits per heavy atom. The van der Waals surface area contributed by atoms with Crippen molar-refractivity contribution in [3.63, 3.8) is 0 Å². The molecular weight excluding hydrogens is 742 g/mol. The summed E-state index contributed by atoms with van der Waals surface area (Å²) in [4.78, 5) is 71.5. The summed E-state index contributed by atoms with van der Waals surface area (Å²) in [5, 5.41) is 30.8. The summed E-state index contributed by atoms with van der Waals surface area (Å²) in [7, 11) is 1.41. The maximum atomic E-state index is 15.2. The van der Waals surface area contributed by atoms with Crippen LogP contribution in [0.5, 0.6) is 17.2 Å². The number of phenols is 2. The molecule has 8 rings (SSSR count). The fraction of sp³-hybridized carbons (Fsp3) is 0.214. The van der Waals surface area contributed by atoms with E-state index in [1.165, 1.54) is 19.3 Å². The molecule has 53 heavy (non-hydrogen) atoms. The van der Waals surface area contributed by atoms with E-state index in [1.54, 1.807) is 36.4 Å². The topological polar surface area (TPSA) is 159 Å². The second kappa shape index (κ2) is 12.7. The highest BCUT2D eigenvalue weighted by Crippen LogP contribution is 2.64. The third kappa shape index (κ3) is 5.01. The number of benzene rings is 4. The lowest BCUT2D eigenvalue weighted by Gasteiger charge is -2.55. The molecule has 2 fully saturated rings. The first kappa shape index (κ1) is 34.3. The molecule has 3 aliphatic carbocycles. The monoisotopic (exact) mass is 773 g/mol. The minimum atomic E-state index is -1.48. The summed E-state index contributed by atoms with van der Waals surface area (Å²) < 4.78 is 5.87. The first-order chi connectivity index (χ1) is 25.5. The van der Waals surface area contributed by atoms with E-state index in [9.17, 15) is 29.7 Å². The second-order valence-electron chi connectivity index (χ2n) is 13.9. The summed E-state index contributed by atoms with van der Waals surface area (Å²) in [6.07, 6.45) is 3.59. The van der Waals surface area contributed by atoms with Crippen molar-refractivity contribution in [3.05, 3.63) is 135 Å². The Morgan fingerprint density at radius 1 is 0.887 bits per heavy atom. The third-order valence-corrected chi connectivity index (χ3v) is 12.1. The zero-order valence-corrected chi connectivity index (χ0v) is 29.8. The second-order valence-corrected chi connectivity index (χ2v) is 14.7. The van der Waals surface area contributed by atoms with E-state index in [0.29, 0.717) is 21.2 Å². The largest absolute Gasteiger partial charge is 0.507 e. The summed E-state index contributed by atoms with van der Waals surface area (Å²) in [5.41, 5.74) is 0.937. The molecule has 1 saturated carbocycles. The summed E-state index contributed by atoms with van der Waals surface area (Å²) in [6.45, 7) is 0. The molecule has 11 heteroatoms. The number of ether oxygens (including phenoxy) is 1. The van der Waals surface area contributed by atoms with Gasteiger partial charge in [-0.05, 0) is 81.7 Å². The molecule has 2 amide bonds. The number of carboxylic acids is 1. The van der Waals surface area contributed by atoms with Gasteiger partial charge in [-0.15, -0.1) is 0 Å². The van der Waals surface area contributed by atoms with Gasteiger partial charge in [0.2, 0.25) is 11.8 Å². The van der Waals surface area contributed by atoms with Gasteiger partial charge in [0, 0.05) is 23.5 Å². The van der Waals surface area contributed by atoms with Crippen molar-refractivity contribution in [2.75, 3.05) is 12.0 Å². The summed E-state index contributed by atoms with van der Waals surface area (Å²) in [6, 6.07) is 25.0. The number of anilines is 1. The first-order valence-corrected chi connectivity index (χ1v) is 17.9. The number of fused-ring (bicyclic) bond motifs is 4. The lowest BCUT2D eigenvalue weighted by molar-refractivity contribution is -0.135. The highest BCUT2D eigenvalue weighted by molar-refractivity contribution is 9.10. The quantitative estimate of drug-likeness (QED) is 0.145. The molecule has 3 N–H and O–H groups in total. The average molecular weight is 775 g/mol. The Balaban J connectivity index is 1.35. The Kier molecular flexibility index (Phi) is 8.21. The average Bonchev–Trinajstić information content (AvgIpc) is 3.42. The summed E-state index contributed by atoms with van der Waals surface area (Å²) in [5.74, 6) is -7.74. The van der Waals surface area contributed by atoms with Gasteiger partial charge in [0.1, 0.15) is 11.3 Å². The molecule has 0 aromatic heterocycles. The van der Waals surface area contributed by atoms with Crippen LogP contribution in [0.25, 0.3) is 5.57 Å². The lowest BCUT2D eigenvalue weighted by Crippen LogP contribution is -2.58. The lowest BCUT2D eigenvalue weighted by atomic mass is 9.44. The number of rotatable bonds is 6. The van der Waals surface area contributed by atoms with E-state index in [4.69, 9.17) is 4.74 Å². The van der Waals surface area contributed by atoms with Crippen LogP contribution in [0.1, 0.15) is 45.8 Å². The number of amides is 2. The number of hydrogen-bond donors (Lipinski definition) is 3. The Bertz CT molecular complexity index is 2320. The molecule has 1 aliphatic heterocycles. The summed E-state index contributed by atoms with van der Waals surface area (Å²) >= 11 is 3.46. The number of carboxylic acid groups (broad SMARTS) is 1. The van der Waals surface area contributed by atoms with Crippen molar-refractivity contribution in [3.8, 4) is 17.2 Å². The molecule has 4 aromatic carbocycles. The number of allylic oxidation sites excluding steroid dienone is 4. The Hall–Kier alpha value is -5.81. The van der Waals surface area contributed by atoms with Gasteiger partial charge in [-0.3, -0.25) is 19.2 Å². The van der Waals surface area contributed by atoms with Crippen LogP contribution in [0.4, 0.5) is 5.69 Å². The van der Waals surface area contributed by atoms with Gasteiger partial charge in [-0.1, -0.05) is 72.3 Å². The maximum Gasteiger partial charge on any atom is 0.339 e. The van der Waals surface area contributed by atoms with Crippen molar-refractivity contribution < 1.29 is 44.0 Å². The van der Waals surface area contributed by atoms with Gasteiger partial charge in [0.15, 0.2) is 23.1 Å². The Labute approximate surface area is 312 Å². The number of imide groups is 1. The number of phenolic OH excluding ortho intramolecular Hbond substituents is 1.